The molecule has 2 unspecified atom stereocenters. The molecule has 1 heterocycles. The van der Waals surface area contributed by atoms with E-state index in [0.717, 1.165) is 0 Å². The lowest BCUT2D eigenvalue weighted by Crippen LogP contribution is -2.27. The van der Waals surface area contributed by atoms with E-state index >= 15 is 0 Å². The van der Waals surface area contributed by atoms with Crippen molar-refractivity contribution in [2.45, 2.75) is 12.2 Å². The Morgan fingerprint density at radius 2 is 2.08 bits per heavy atom. The molecule has 0 aromatic carbocycles. The summed E-state index contributed by atoms with van der Waals surface area (Å²) >= 11 is 5.49. The van der Waals surface area contributed by atoms with E-state index in [1.165, 1.54) is 12.1 Å². The van der Waals surface area contributed by atoms with Crippen LogP contribution in [-0.2, 0) is 0 Å². The minimum Gasteiger partial charge on any atom is -0.389 e. The van der Waals surface area contributed by atoms with Crippen molar-refractivity contribution in [3.05, 3.63) is 23.0 Å². The maximum Gasteiger partial charge on any atom is 0.151 e. The average molecular weight is 204 g/mol. The predicted octanol–water partition coefficient (Wildman–Crippen LogP) is -0.517. The number of aliphatic hydroxyl groups is 2. The van der Waals surface area contributed by atoms with Gasteiger partial charge in [-0.3, -0.25) is 0 Å². The standard InChI is InChI=1S/C7H10ClN3O2/c8-6-2-1-4(10-11-6)7(13)5(12)3-9/h1-2,5,7,12-13H,3,9H2. The van der Waals surface area contributed by atoms with Gasteiger partial charge in [-0.2, -0.15) is 5.10 Å². The Morgan fingerprint density at radius 1 is 1.38 bits per heavy atom. The van der Waals surface area contributed by atoms with Crippen LogP contribution in [0.4, 0.5) is 0 Å². The number of rotatable bonds is 3. The van der Waals surface area contributed by atoms with Crippen LogP contribution >= 0.6 is 11.6 Å². The van der Waals surface area contributed by atoms with E-state index in [-0.39, 0.29) is 17.4 Å². The molecule has 0 fully saturated rings. The third-order valence-corrected chi connectivity index (χ3v) is 1.76. The number of aliphatic hydroxyl groups excluding tert-OH is 2. The first-order chi connectivity index (χ1) is 6.15. The quantitative estimate of drug-likeness (QED) is 0.615. The van der Waals surface area contributed by atoms with Crippen LogP contribution in [0.15, 0.2) is 12.1 Å². The van der Waals surface area contributed by atoms with E-state index in [1.807, 2.05) is 0 Å². The fourth-order valence-electron chi connectivity index (χ4n) is 0.810. The van der Waals surface area contributed by atoms with Crippen LogP contribution < -0.4 is 5.73 Å². The zero-order valence-electron chi connectivity index (χ0n) is 6.76. The summed E-state index contributed by atoms with van der Waals surface area (Å²) in [6.07, 6.45) is -2.15. The lowest BCUT2D eigenvalue weighted by atomic mass is 10.1. The molecule has 0 amide bonds. The van der Waals surface area contributed by atoms with Crippen LogP contribution in [0.5, 0.6) is 0 Å². The Kier molecular flexibility index (Phi) is 3.56. The van der Waals surface area contributed by atoms with Crippen LogP contribution in [0.1, 0.15) is 11.8 Å². The van der Waals surface area contributed by atoms with Crippen LogP contribution in [0.25, 0.3) is 0 Å². The molecule has 6 heteroatoms. The Balaban J connectivity index is 2.77. The van der Waals surface area contributed by atoms with Gasteiger partial charge in [-0.1, -0.05) is 11.6 Å². The van der Waals surface area contributed by atoms with Crippen LogP contribution in [0, 0.1) is 0 Å². The SMILES string of the molecule is NCC(O)C(O)c1ccc(Cl)nn1. The Labute approximate surface area is 80.2 Å². The van der Waals surface area contributed by atoms with Crippen molar-refractivity contribution in [3.8, 4) is 0 Å². The van der Waals surface area contributed by atoms with Crippen molar-refractivity contribution < 1.29 is 10.2 Å². The first-order valence-electron chi connectivity index (χ1n) is 3.70. The van der Waals surface area contributed by atoms with Gasteiger partial charge in [-0.25, -0.2) is 0 Å². The highest BCUT2D eigenvalue weighted by molar-refractivity contribution is 6.29. The van der Waals surface area contributed by atoms with Gasteiger partial charge in [0.2, 0.25) is 0 Å². The van der Waals surface area contributed by atoms with Crippen LogP contribution in [0.2, 0.25) is 5.15 Å². The zero-order valence-corrected chi connectivity index (χ0v) is 7.52. The minimum absolute atomic E-state index is 0.0362. The molecule has 1 rings (SSSR count). The van der Waals surface area contributed by atoms with Crippen LogP contribution in [0.3, 0.4) is 0 Å². The predicted molar refractivity (Wildman–Crippen MR) is 47.1 cm³/mol. The first-order valence-corrected chi connectivity index (χ1v) is 4.08. The van der Waals surface area contributed by atoms with Gasteiger partial charge in [0.25, 0.3) is 0 Å². The summed E-state index contributed by atoms with van der Waals surface area (Å²) in [6, 6.07) is 2.97. The highest BCUT2D eigenvalue weighted by atomic mass is 35.5. The summed E-state index contributed by atoms with van der Waals surface area (Å²) < 4.78 is 0. The smallest absolute Gasteiger partial charge is 0.151 e. The summed E-state index contributed by atoms with van der Waals surface area (Å²) in [7, 11) is 0. The summed E-state index contributed by atoms with van der Waals surface area (Å²) in [5.74, 6) is 0. The van der Waals surface area contributed by atoms with Crippen molar-refractivity contribution >= 4 is 11.6 Å². The van der Waals surface area contributed by atoms with Gasteiger partial charge in [0.1, 0.15) is 6.10 Å². The Hall–Kier alpha value is -0.750. The molecule has 1 aromatic rings. The number of nitrogens with two attached hydrogens (primary N) is 1. The summed E-state index contributed by atoms with van der Waals surface area (Å²) in [5.41, 5.74) is 5.41. The molecular formula is C7H10ClN3O2. The molecular weight excluding hydrogens is 194 g/mol. The van der Waals surface area contributed by atoms with E-state index in [9.17, 15) is 10.2 Å². The topological polar surface area (TPSA) is 92.3 Å². The fraction of sp³-hybridized carbons (Fsp3) is 0.429. The average Bonchev–Trinajstić information content (AvgIpc) is 2.17. The molecule has 1 aromatic heterocycles. The second-order valence-corrected chi connectivity index (χ2v) is 2.92. The second kappa shape index (κ2) is 4.48. The van der Waals surface area contributed by atoms with Gasteiger partial charge in [-0.05, 0) is 12.1 Å². The Morgan fingerprint density at radius 3 is 2.54 bits per heavy atom. The van der Waals surface area contributed by atoms with E-state index in [2.05, 4.69) is 10.2 Å². The van der Waals surface area contributed by atoms with Crippen molar-refractivity contribution in [2.24, 2.45) is 5.73 Å². The third kappa shape index (κ3) is 2.60. The largest absolute Gasteiger partial charge is 0.389 e. The van der Waals surface area contributed by atoms with Crippen molar-refractivity contribution in [2.75, 3.05) is 6.54 Å². The molecule has 13 heavy (non-hydrogen) atoms. The Bertz CT molecular complexity index is 267. The van der Waals surface area contributed by atoms with E-state index in [4.69, 9.17) is 17.3 Å². The van der Waals surface area contributed by atoms with E-state index in [0.29, 0.717) is 0 Å². The van der Waals surface area contributed by atoms with Crippen molar-refractivity contribution in [1.29, 1.82) is 0 Å². The van der Waals surface area contributed by atoms with Gasteiger partial charge in [0.05, 0.1) is 11.8 Å². The van der Waals surface area contributed by atoms with Crippen molar-refractivity contribution in [3.63, 3.8) is 0 Å². The summed E-state index contributed by atoms with van der Waals surface area (Å²) in [5, 5.41) is 25.9. The van der Waals surface area contributed by atoms with E-state index < -0.39 is 12.2 Å². The van der Waals surface area contributed by atoms with E-state index in [1.54, 1.807) is 0 Å². The zero-order chi connectivity index (χ0) is 9.84. The number of aromatic nitrogens is 2. The van der Waals surface area contributed by atoms with Gasteiger partial charge in [0.15, 0.2) is 5.15 Å². The normalized spacial score (nSPS) is 15.4. The minimum atomic E-state index is -1.12. The number of hydrogen-bond donors (Lipinski definition) is 3. The lowest BCUT2D eigenvalue weighted by Gasteiger charge is -2.14. The molecule has 5 nitrogen and oxygen atoms in total. The monoisotopic (exact) mass is 203 g/mol. The molecule has 0 saturated carbocycles. The number of nitrogens with zero attached hydrogens (tertiary/aromatic N) is 2. The van der Waals surface area contributed by atoms with Gasteiger partial charge in [0, 0.05) is 6.54 Å². The molecule has 0 bridgehead atoms. The summed E-state index contributed by atoms with van der Waals surface area (Å²) in [6.45, 7) is -0.0362. The van der Waals surface area contributed by atoms with Gasteiger partial charge < -0.3 is 15.9 Å². The molecule has 0 spiro atoms. The van der Waals surface area contributed by atoms with Crippen LogP contribution in [-0.4, -0.2) is 33.1 Å². The molecule has 0 radical (unpaired) electrons. The molecule has 0 aliphatic heterocycles. The molecule has 0 aliphatic carbocycles. The molecule has 4 N–H and O–H groups in total. The first kappa shape index (κ1) is 10.3. The number of hydrogen-bond acceptors (Lipinski definition) is 5. The molecule has 72 valence electrons. The van der Waals surface area contributed by atoms with Gasteiger partial charge in [-0.15, -0.1) is 5.10 Å². The molecule has 0 aliphatic rings. The maximum atomic E-state index is 9.40. The molecule has 2 atom stereocenters. The lowest BCUT2D eigenvalue weighted by molar-refractivity contribution is 0.0212. The highest BCUT2D eigenvalue weighted by Gasteiger charge is 2.18. The van der Waals surface area contributed by atoms with Crippen molar-refractivity contribution in [1.82, 2.24) is 10.2 Å². The molecule has 0 saturated heterocycles. The van der Waals surface area contributed by atoms with Gasteiger partial charge >= 0.3 is 0 Å². The fourth-order valence-corrected chi connectivity index (χ4v) is 0.911. The maximum absolute atomic E-state index is 9.40. The highest BCUT2D eigenvalue weighted by Crippen LogP contribution is 2.13. The number of halogens is 1. The second-order valence-electron chi connectivity index (χ2n) is 2.53. The summed E-state index contributed by atoms with van der Waals surface area (Å²) in [4.78, 5) is 0. The third-order valence-electron chi connectivity index (χ3n) is 1.56.